The van der Waals surface area contributed by atoms with Crippen molar-refractivity contribution in [1.29, 1.82) is 0 Å². The van der Waals surface area contributed by atoms with E-state index in [-0.39, 0.29) is 0 Å². The molecule has 2 aliphatic heterocycles. The predicted molar refractivity (Wildman–Crippen MR) is 61.6 cm³/mol. The SMILES string of the molecule is C/C=C(\C)P1C2CCCC1CCC2. The van der Waals surface area contributed by atoms with Crippen LogP contribution in [-0.4, -0.2) is 11.3 Å². The Morgan fingerprint density at radius 3 is 1.92 bits per heavy atom. The van der Waals surface area contributed by atoms with Crippen LogP contribution < -0.4 is 0 Å². The van der Waals surface area contributed by atoms with Crippen LogP contribution in [0.15, 0.2) is 11.4 Å². The van der Waals surface area contributed by atoms with Gasteiger partial charge < -0.3 is 0 Å². The summed E-state index contributed by atoms with van der Waals surface area (Å²) in [5.74, 6) is 0. The average molecular weight is 196 g/mol. The van der Waals surface area contributed by atoms with Crippen LogP contribution in [0.1, 0.15) is 52.4 Å². The summed E-state index contributed by atoms with van der Waals surface area (Å²) in [5, 5.41) is 1.74. The van der Waals surface area contributed by atoms with Crippen molar-refractivity contribution < 1.29 is 0 Å². The van der Waals surface area contributed by atoms with E-state index >= 15 is 0 Å². The molecule has 0 aromatic rings. The number of hydrogen-bond donors (Lipinski definition) is 0. The third-order valence-corrected chi connectivity index (χ3v) is 7.44. The van der Waals surface area contributed by atoms with E-state index < -0.39 is 0 Å². The first-order valence-electron chi connectivity index (χ1n) is 5.74. The second kappa shape index (κ2) is 4.13. The molecule has 2 heterocycles. The lowest BCUT2D eigenvalue weighted by atomic mass is 9.99. The molecule has 0 aliphatic carbocycles. The minimum absolute atomic E-state index is 0.290. The Morgan fingerprint density at radius 2 is 1.54 bits per heavy atom. The fourth-order valence-electron chi connectivity index (χ4n) is 3.05. The van der Waals surface area contributed by atoms with E-state index in [2.05, 4.69) is 19.9 Å². The monoisotopic (exact) mass is 196 g/mol. The van der Waals surface area contributed by atoms with E-state index in [0.717, 1.165) is 11.3 Å². The van der Waals surface area contributed by atoms with Crippen LogP contribution in [0.3, 0.4) is 0 Å². The van der Waals surface area contributed by atoms with Crippen LogP contribution in [0.4, 0.5) is 0 Å². The van der Waals surface area contributed by atoms with Crippen LogP contribution in [0.2, 0.25) is 0 Å². The van der Waals surface area contributed by atoms with Gasteiger partial charge in [-0.25, -0.2) is 0 Å². The number of rotatable bonds is 1. The van der Waals surface area contributed by atoms with E-state index in [0.29, 0.717) is 7.92 Å². The van der Waals surface area contributed by atoms with Gasteiger partial charge in [-0.15, -0.1) is 0 Å². The van der Waals surface area contributed by atoms with Gasteiger partial charge in [0.15, 0.2) is 0 Å². The zero-order chi connectivity index (χ0) is 9.26. The fourth-order valence-corrected chi connectivity index (χ4v) is 6.94. The van der Waals surface area contributed by atoms with Crippen molar-refractivity contribution >= 4 is 7.92 Å². The molecular weight excluding hydrogens is 175 g/mol. The highest BCUT2D eigenvalue weighted by atomic mass is 31.1. The second-order valence-corrected chi connectivity index (χ2v) is 7.49. The highest BCUT2D eigenvalue weighted by Crippen LogP contribution is 2.63. The number of hydrogen-bond acceptors (Lipinski definition) is 0. The van der Waals surface area contributed by atoms with Gasteiger partial charge in [-0.2, -0.15) is 0 Å². The summed E-state index contributed by atoms with van der Waals surface area (Å²) in [4.78, 5) is 0. The van der Waals surface area contributed by atoms with Crippen molar-refractivity contribution in [2.24, 2.45) is 0 Å². The van der Waals surface area contributed by atoms with Crippen molar-refractivity contribution in [2.45, 2.75) is 63.7 Å². The maximum Gasteiger partial charge on any atom is -0.0170 e. The van der Waals surface area contributed by atoms with Gasteiger partial charge in [0.25, 0.3) is 0 Å². The molecule has 0 amide bonds. The predicted octanol–water partition coefficient (Wildman–Crippen LogP) is 4.50. The molecule has 0 aromatic heterocycles. The fraction of sp³-hybridized carbons (Fsp3) is 0.833. The Kier molecular flexibility index (Phi) is 3.09. The van der Waals surface area contributed by atoms with Gasteiger partial charge >= 0.3 is 0 Å². The maximum atomic E-state index is 2.38. The Bertz CT molecular complexity index is 185. The van der Waals surface area contributed by atoms with Gasteiger partial charge in [0, 0.05) is 0 Å². The molecule has 0 radical (unpaired) electrons. The van der Waals surface area contributed by atoms with Crippen molar-refractivity contribution in [3.63, 3.8) is 0 Å². The third-order valence-electron chi connectivity index (χ3n) is 3.76. The second-order valence-electron chi connectivity index (χ2n) is 4.51. The summed E-state index contributed by atoms with van der Waals surface area (Å²) in [5.41, 5.74) is 2.22. The normalized spacial score (nSPS) is 40.5. The molecule has 0 aromatic carbocycles. The average Bonchev–Trinajstić information content (AvgIpc) is 2.15. The first-order chi connectivity index (χ1) is 6.33. The van der Waals surface area contributed by atoms with Crippen molar-refractivity contribution in [2.75, 3.05) is 0 Å². The Balaban J connectivity index is 2.15. The largest absolute Gasteiger partial charge is 0.0842 e. The van der Waals surface area contributed by atoms with E-state index in [1.165, 1.54) is 38.5 Å². The molecular formula is C12H21P. The van der Waals surface area contributed by atoms with Crippen LogP contribution in [-0.2, 0) is 0 Å². The smallest absolute Gasteiger partial charge is 0.0170 e. The minimum Gasteiger partial charge on any atom is -0.0842 e. The first kappa shape index (κ1) is 9.71. The summed E-state index contributed by atoms with van der Waals surface area (Å²) >= 11 is 0. The van der Waals surface area contributed by atoms with Gasteiger partial charge in [-0.3, -0.25) is 0 Å². The van der Waals surface area contributed by atoms with Gasteiger partial charge in [0.2, 0.25) is 0 Å². The van der Waals surface area contributed by atoms with Crippen molar-refractivity contribution in [3.8, 4) is 0 Å². The van der Waals surface area contributed by atoms with Crippen LogP contribution in [0.25, 0.3) is 0 Å². The lowest BCUT2D eigenvalue weighted by Gasteiger charge is -2.43. The topological polar surface area (TPSA) is 0 Å². The Morgan fingerprint density at radius 1 is 1.08 bits per heavy atom. The Hall–Kier alpha value is 0.170. The molecule has 0 unspecified atom stereocenters. The third kappa shape index (κ3) is 1.84. The molecule has 13 heavy (non-hydrogen) atoms. The minimum atomic E-state index is 0.290. The molecule has 2 bridgehead atoms. The zero-order valence-corrected chi connectivity index (χ0v) is 9.82. The van der Waals surface area contributed by atoms with Crippen molar-refractivity contribution in [3.05, 3.63) is 11.4 Å². The molecule has 0 spiro atoms. The van der Waals surface area contributed by atoms with E-state index in [9.17, 15) is 0 Å². The quantitative estimate of drug-likeness (QED) is 0.542. The molecule has 0 saturated carbocycles. The lowest BCUT2D eigenvalue weighted by Crippen LogP contribution is -2.26. The molecule has 74 valence electrons. The van der Waals surface area contributed by atoms with Crippen LogP contribution >= 0.6 is 7.92 Å². The lowest BCUT2D eigenvalue weighted by molar-refractivity contribution is 0.477. The molecule has 1 heteroatoms. The van der Waals surface area contributed by atoms with Crippen molar-refractivity contribution in [1.82, 2.24) is 0 Å². The highest BCUT2D eigenvalue weighted by Gasteiger charge is 2.36. The summed E-state index contributed by atoms with van der Waals surface area (Å²) in [6.45, 7) is 4.60. The van der Waals surface area contributed by atoms with Gasteiger partial charge in [-0.05, 0) is 50.8 Å². The number of fused-ring (bicyclic) bond motifs is 2. The van der Waals surface area contributed by atoms with E-state index in [4.69, 9.17) is 0 Å². The number of allylic oxidation sites excluding steroid dienone is 2. The van der Waals surface area contributed by atoms with E-state index in [1.807, 2.05) is 0 Å². The van der Waals surface area contributed by atoms with Gasteiger partial charge in [0.05, 0.1) is 0 Å². The van der Waals surface area contributed by atoms with Gasteiger partial charge in [0.1, 0.15) is 0 Å². The molecule has 2 aliphatic rings. The molecule has 2 saturated heterocycles. The maximum absolute atomic E-state index is 2.38. The molecule has 0 nitrogen and oxygen atoms in total. The van der Waals surface area contributed by atoms with Crippen LogP contribution in [0.5, 0.6) is 0 Å². The van der Waals surface area contributed by atoms with Crippen LogP contribution in [0, 0.1) is 0 Å². The summed E-state index contributed by atoms with van der Waals surface area (Å²) in [6, 6.07) is 0. The standard InChI is InChI=1S/C12H21P/c1-3-10(2)13-11-6-4-7-12(13)9-5-8-11/h3,11-12H,4-9H2,1-2H3/b10-3+. The van der Waals surface area contributed by atoms with Gasteiger partial charge in [-0.1, -0.05) is 32.2 Å². The molecule has 0 N–H and O–H groups in total. The molecule has 0 atom stereocenters. The Labute approximate surface area is 83.6 Å². The summed E-state index contributed by atoms with van der Waals surface area (Å²) in [6.07, 6.45) is 11.6. The molecule has 2 fully saturated rings. The van der Waals surface area contributed by atoms with E-state index in [1.54, 1.807) is 5.31 Å². The molecule has 2 rings (SSSR count). The first-order valence-corrected chi connectivity index (χ1v) is 7.22. The summed E-state index contributed by atoms with van der Waals surface area (Å²) in [7, 11) is 0.290. The zero-order valence-electron chi connectivity index (χ0n) is 8.92. The summed E-state index contributed by atoms with van der Waals surface area (Å²) < 4.78 is 0. The highest BCUT2D eigenvalue weighted by molar-refractivity contribution is 7.63.